The number of hydrogen-bond acceptors (Lipinski definition) is 8. The van der Waals surface area contributed by atoms with Gasteiger partial charge in [-0.1, -0.05) is 11.2 Å². The Morgan fingerprint density at radius 1 is 1.04 bits per heavy atom. The highest BCUT2D eigenvalue weighted by atomic mass is 32.2. The second kappa shape index (κ2) is 7.41. The van der Waals surface area contributed by atoms with E-state index in [1.807, 2.05) is 0 Å². The zero-order chi connectivity index (χ0) is 19.7. The van der Waals surface area contributed by atoms with Gasteiger partial charge in [-0.15, -0.1) is 0 Å². The molecular formula is C18H15NO8S. The van der Waals surface area contributed by atoms with Gasteiger partial charge in [0.05, 0.1) is 20.4 Å². The molecule has 1 N–H and O–H groups in total. The van der Waals surface area contributed by atoms with E-state index in [0.29, 0.717) is 45.4 Å². The van der Waals surface area contributed by atoms with E-state index < -0.39 is 11.4 Å². The minimum atomic E-state index is -2.50. The van der Waals surface area contributed by atoms with Crippen LogP contribution in [-0.2, 0) is 11.4 Å². The van der Waals surface area contributed by atoms with Crippen LogP contribution in [0, 0.1) is 0 Å². The summed E-state index contributed by atoms with van der Waals surface area (Å²) in [4.78, 5) is 0. The molecule has 1 aliphatic rings. The first-order valence-corrected chi connectivity index (χ1v) is 9.04. The van der Waals surface area contributed by atoms with Gasteiger partial charge in [-0.05, 0) is 29.8 Å². The lowest BCUT2D eigenvalue weighted by atomic mass is 10.0. The molecule has 1 aliphatic heterocycles. The number of methoxy groups -OCH3 is 2. The van der Waals surface area contributed by atoms with Crippen molar-refractivity contribution in [3.8, 4) is 51.2 Å². The maximum absolute atomic E-state index is 11.1. The Bertz CT molecular complexity index is 1050. The molecule has 28 heavy (non-hydrogen) atoms. The molecule has 3 aromatic rings. The van der Waals surface area contributed by atoms with Crippen molar-refractivity contribution in [1.82, 2.24) is 5.16 Å². The molecule has 0 aliphatic carbocycles. The van der Waals surface area contributed by atoms with Gasteiger partial charge in [0.25, 0.3) is 0 Å². The summed E-state index contributed by atoms with van der Waals surface area (Å²) in [5.74, 6) is 2.44. The van der Waals surface area contributed by atoms with E-state index in [4.69, 9.17) is 32.2 Å². The largest absolute Gasteiger partial charge is 0.493 e. The normalized spacial score (nSPS) is 13.2. The third kappa shape index (κ3) is 3.23. The Balaban J connectivity index is 1.80. The van der Waals surface area contributed by atoms with E-state index >= 15 is 0 Å². The lowest BCUT2D eigenvalue weighted by Crippen LogP contribution is -1.99. The fourth-order valence-electron chi connectivity index (χ4n) is 2.90. The number of rotatable bonds is 6. The number of nitrogens with zero attached hydrogens (tertiary/aromatic N) is 1. The smallest absolute Gasteiger partial charge is 0.357 e. The lowest BCUT2D eigenvalue weighted by Gasteiger charge is -2.10. The van der Waals surface area contributed by atoms with Crippen molar-refractivity contribution in [2.24, 2.45) is 0 Å². The van der Waals surface area contributed by atoms with Crippen LogP contribution in [0.2, 0.25) is 0 Å². The summed E-state index contributed by atoms with van der Waals surface area (Å²) in [7, 11) is 2.97. The number of aromatic nitrogens is 1. The highest BCUT2D eigenvalue weighted by Crippen LogP contribution is 2.46. The maximum Gasteiger partial charge on any atom is 0.357 e. The van der Waals surface area contributed by atoms with Crippen molar-refractivity contribution >= 4 is 11.4 Å². The molecule has 0 amide bonds. The molecular weight excluding hydrogens is 390 g/mol. The van der Waals surface area contributed by atoms with Crippen LogP contribution in [0.15, 0.2) is 41.1 Å². The summed E-state index contributed by atoms with van der Waals surface area (Å²) in [5.41, 5.74) is 1.95. The van der Waals surface area contributed by atoms with Crippen molar-refractivity contribution < 1.29 is 36.4 Å². The maximum atomic E-state index is 11.1. The van der Waals surface area contributed by atoms with Crippen LogP contribution in [0.5, 0.6) is 28.7 Å². The number of ether oxygens (including phenoxy) is 4. The highest BCUT2D eigenvalue weighted by molar-refractivity contribution is 7.74. The second-order valence-corrected chi connectivity index (χ2v) is 6.25. The summed E-state index contributed by atoms with van der Waals surface area (Å²) in [6, 6.07) is 8.45. The van der Waals surface area contributed by atoms with Crippen LogP contribution in [0.25, 0.3) is 22.5 Å². The molecule has 0 bridgehead atoms. The minimum absolute atomic E-state index is 0.107. The zero-order valence-electron chi connectivity index (χ0n) is 14.8. The Morgan fingerprint density at radius 3 is 2.57 bits per heavy atom. The number of benzene rings is 2. The Morgan fingerprint density at radius 2 is 1.82 bits per heavy atom. The van der Waals surface area contributed by atoms with Gasteiger partial charge >= 0.3 is 11.4 Å². The van der Waals surface area contributed by atoms with Crippen LogP contribution in [0.4, 0.5) is 0 Å². The van der Waals surface area contributed by atoms with Crippen LogP contribution in [-0.4, -0.2) is 34.9 Å². The second-order valence-electron chi connectivity index (χ2n) is 5.65. The van der Waals surface area contributed by atoms with E-state index in [1.165, 1.54) is 20.4 Å². The van der Waals surface area contributed by atoms with Crippen molar-refractivity contribution in [2.45, 2.75) is 0 Å². The summed E-state index contributed by atoms with van der Waals surface area (Å²) in [6.45, 7) is 0.107. The highest BCUT2D eigenvalue weighted by Gasteiger charge is 2.24. The Hall–Kier alpha value is -3.24. The van der Waals surface area contributed by atoms with E-state index in [1.54, 1.807) is 30.3 Å². The Kier molecular flexibility index (Phi) is 4.80. The molecule has 0 fully saturated rings. The standard InChI is InChI=1S/C18H15NO8S/c1-22-13-4-3-10(5-14(13)27-28(20)21)12-8-19-26-17(12)11-6-15(23-2)18-16(7-11)24-9-25-18/h3-8H,9H2,1-2H3,(H,20,21). The average molecular weight is 405 g/mol. The molecule has 4 rings (SSSR count). The van der Waals surface area contributed by atoms with Gasteiger partial charge in [-0.2, -0.15) is 4.21 Å². The summed E-state index contributed by atoms with van der Waals surface area (Å²) in [6.07, 6.45) is 1.54. The molecule has 146 valence electrons. The van der Waals surface area contributed by atoms with Crippen LogP contribution in [0.3, 0.4) is 0 Å². The summed E-state index contributed by atoms with van der Waals surface area (Å²) in [5, 5.41) is 3.89. The molecule has 0 spiro atoms. The van der Waals surface area contributed by atoms with Crippen LogP contribution < -0.4 is 23.1 Å². The van der Waals surface area contributed by atoms with Gasteiger partial charge in [0, 0.05) is 11.1 Å². The minimum Gasteiger partial charge on any atom is -0.493 e. The van der Waals surface area contributed by atoms with E-state index in [2.05, 4.69) is 5.16 Å². The number of fused-ring (bicyclic) bond motifs is 1. The van der Waals surface area contributed by atoms with Crippen LogP contribution in [0.1, 0.15) is 0 Å². The fraction of sp³-hybridized carbons (Fsp3) is 0.167. The van der Waals surface area contributed by atoms with Crippen molar-refractivity contribution in [3.05, 3.63) is 36.5 Å². The first kappa shape index (κ1) is 18.1. The summed E-state index contributed by atoms with van der Waals surface area (Å²) < 4.78 is 51.9. The van der Waals surface area contributed by atoms with Crippen LogP contribution >= 0.6 is 0 Å². The lowest BCUT2D eigenvalue weighted by molar-refractivity contribution is 0.171. The molecule has 1 atom stereocenters. The van der Waals surface area contributed by atoms with Gasteiger partial charge in [0.2, 0.25) is 12.5 Å². The monoisotopic (exact) mass is 405 g/mol. The summed E-state index contributed by atoms with van der Waals surface area (Å²) >= 11 is -2.50. The van der Waals surface area contributed by atoms with Crippen molar-refractivity contribution in [1.29, 1.82) is 0 Å². The molecule has 1 unspecified atom stereocenters. The van der Waals surface area contributed by atoms with Gasteiger partial charge in [-0.25, -0.2) is 0 Å². The predicted octanol–water partition coefficient (Wildman–Crippen LogP) is 3.27. The Labute approximate surface area is 162 Å². The van der Waals surface area contributed by atoms with Gasteiger partial charge in [0.15, 0.2) is 28.8 Å². The SMILES string of the molecule is COc1ccc(-c2cnoc2-c2cc(OC)c3c(c2)OCO3)cc1OS(=O)O. The first-order chi connectivity index (χ1) is 13.6. The molecule has 2 heterocycles. The van der Waals surface area contributed by atoms with Crippen molar-refractivity contribution in [2.75, 3.05) is 21.0 Å². The topological polar surface area (TPSA) is 109 Å². The fourth-order valence-corrected chi connectivity index (χ4v) is 3.18. The van der Waals surface area contributed by atoms with Crippen molar-refractivity contribution in [3.63, 3.8) is 0 Å². The van der Waals surface area contributed by atoms with Gasteiger partial charge in [-0.3, -0.25) is 4.55 Å². The van der Waals surface area contributed by atoms with Gasteiger partial charge in [0.1, 0.15) is 0 Å². The quantitative estimate of drug-likeness (QED) is 0.618. The van der Waals surface area contributed by atoms with E-state index in [0.717, 1.165) is 0 Å². The molecule has 0 saturated carbocycles. The third-order valence-electron chi connectivity index (χ3n) is 4.13. The predicted molar refractivity (Wildman–Crippen MR) is 98.0 cm³/mol. The van der Waals surface area contributed by atoms with E-state index in [-0.39, 0.29) is 12.5 Å². The molecule has 2 aromatic carbocycles. The molecule has 10 heteroatoms. The first-order valence-electron chi connectivity index (χ1n) is 8.01. The van der Waals surface area contributed by atoms with E-state index in [9.17, 15) is 4.21 Å². The van der Waals surface area contributed by atoms with Gasteiger partial charge < -0.3 is 27.7 Å². The third-order valence-corrected chi connectivity index (χ3v) is 4.45. The molecule has 0 saturated heterocycles. The molecule has 1 aromatic heterocycles. The average Bonchev–Trinajstić information content (AvgIpc) is 3.35. The molecule has 9 nitrogen and oxygen atoms in total. The zero-order valence-corrected chi connectivity index (χ0v) is 15.6. The molecule has 0 radical (unpaired) electrons. The number of hydrogen-bond donors (Lipinski definition) is 1.